The molecule has 1 saturated carbocycles. The first-order valence-electron chi connectivity index (χ1n) is 18.6. The molecule has 0 aromatic carbocycles. The van der Waals surface area contributed by atoms with Crippen molar-refractivity contribution in [2.45, 2.75) is 156 Å². The molecule has 250 valence electrons. The quantitative estimate of drug-likeness (QED) is 0.162. The van der Waals surface area contributed by atoms with Gasteiger partial charge in [0.15, 0.2) is 0 Å². The Morgan fingerprint density at radius 2 is 1.04 bits per heavy atom. The predicted octanol–water partition coefficient (Wildman–Crippen LogP) is 10.9. The molecule has 4 rings (SSSR count). The lowest BCUT2D eigenvalue weighted by molar-refractivity contribution is -0.159. The van der Waals surface area contributed by atoms with Crippen LogP contribution in [0.25, 0.3) is 0 Å². The molecule has 6 unspecified atom stereocenters. The summed E-state index contributed by atoms with van der Waals surface area (Å²) < 4.78 is 13.6. The second-order valence-electron chi connectivity index (χ2n) is 14.9. The molecule has 0 saturated heterocycles. The Morgan fingerprint density at radius 3 is 1.38 bits per heavy atom. The molecule has 0 N–H and O–H groups in total. The third-order valence-electron chi connectivity index (χ3n) is 11.5. The van der Waals surface area contributed by atoms with Crippen LogP contribution in [0.15, 0.2) is 58.7 Å². The van der Waals surface area contributed by atoms with Gasteiger partial charge in [0.25, 0.3) is 0 Å². The molecule has 4 heteroatoms. The number of rotatable bonds is 16. The van der Waals surface area contributed by atoms with Gasteiger partial charge in [0.2, 0.25) is 0 Å². The average Bonchev–Trinajstić information content (AvgIpc) is 3.41. The summed E-state index contributed by atoms with van der Waals surface area (Å²) in [4.78, 5) is 29.3. The molecule has 4 nitrogen and oxygen atoms in total. The van der Waals surface area contributed by atoms with Crippen LogP contribution in [-0.2, 0) is 19.1 Å². The van der Waals surface area contributed by atoms with Gasteiger partial charge in [-0.15, -0.1) is 0 Å². The van der Waals surface area contributed by atoms with Crippen LogP contribution in [0, 0.1) is 29.1 Å². The van der Waals surface area contributed by atoms with Crippen LogP contribution in [0.1, 0.15) is 145 Å². The Kier molecular flexibility index (Phi) is 11.9. The third-order valence-corrected chi connectivity index (χ3v) is 11.5. The fourth-order valence-electron chi connectivity index (χ4n) is 9.59. The zero-order valence-electron chi connectivity index (χ0n) is 29.8. The summed E-state index contributed by atoms with van der Waals surface area (Å²) >= 11 is 0. The summed E-state index contributed by atoms with van der Waals surface area (Å²) in [5, 5.41) is 0. The molecule has 0 heterocycles. The van der Waals surface area contributed by atoms with Crippen molar-refractivity contribution in [1.82, 2.24) is 0 Å². The maximum atomic E-state index is 14.6. The van der Waals surface area contributed by atoms with E-state index in [4.69, 9.17) is 9.47 Å². The molecule has 4 aliphatic rings. The Labute approximate surface area is 274 Å². The van der Waals surface area contributed by atoms with E-state index in [2.05, 4.69) is 91.8 Å². The number of fused-ring (bicyclic) bond motifs is 2. The van der Waals surface area contributed by atoms with Gasteiger partial charge < -0.3 is 9.47 Å². The minimum Gasteiger partial charge on any atom is -0.451 e. The zero-order valence-corrected chi connectivity index (χ0v) is 29.8. The molecule has 0 aromatic rings. The lowest BCUT2D eigenvalue weighted by atomic mass is 9.72. The molecular formula is C41H62O4. The molecule has 1 fully saturated rings. The fraction of sp³-hybridized carbons (Fsp3) is 0.707. The Hall–Kier alpha value is -2.36. The van der Waals surface area contributed by atoms with E-state index < -0.39 is 11.2 Å². The number of hydrogen-bond acceptors (Lipinski definition) is 4. The lowest BCUT2D eigenvalue weighted by Gasteiger charge is -2.42. The van der Waals surface area contributed by atoms with Gasteiger partial charge in [-0.1, -0.05) is 129 Å². The third kappa shape index (κ3) is 6.72. The maximum absolute atomic E-state index is 14.6. The van der Waals surface area contributed by atoms with Gasteiger partial charge >= 0.3 is 11.9 Å². The van der Waals surface area contributed by atoms with Gasteiger partial charge in [-0.3, -0.25) is 0 Å². The first-order valence-corrected chi connectivity index (χ1v) is 18.6. The monoisotopic (exact) mass is 618 g/mol. The van der Waals surface area contributed by atoms with Crippen LogP contribution in [0.2, 0.25) is 0 Å². The number of hydrogen-bond donors (Lipinski definition) is 0. The second kappa shape index (κ2) is 15.0. The van der Waals surface area contributed by atoms with Crippen molar-refractivity contribution >= 4 is 11.9 Å². The van der Waals surface area contributed by atoms with Crippen LogP contribution < -0.4 is 0 Å². The van der Waals surface area contributed by atoms with E-state index in [1.165, 1.54) is 11.1 Å². The van der Waals surface area contributed by atoms with E-state index in [0.29, 0.717) is 11.1 Å². The highest BCUT2D eigenvalue weighted by Crippen LogP contribution is 2.61. The van der Waals surface area contributed by atoms with Crippen molar-refractivity contribution in [2.24, 2.45) is 29.1 Å². The topological polar surface area (TPSA) is 52.6 Å². The summed E-state index contributed by atoms with van der Waals surface area (Å²) in [6, 6.07) is 0. The molecule has 4 aliphatic carbocycles. The van der Waals surface area contributed by atoms with Crippen LogP contribution >= 0.6 is 0 Å². The zero-order chi connectivity index (χ0) is 32.8. The molecule has 6 atom stereocenters. The van der Waals surface area contributed by atoms with Crippen LogP contribution in [0.4, 0.5) is 0 Å². The number of ether oxygens (including phenoxy) is 2. The Morgan fingerprint density at radius 1 is 0.644 bits per heavy atom. The smallest absolute Gasteiger partial charge is 0.335 e. The minimum atomic E-state index is -0.684. The summed E-state index contributed by atoms with van der Waals surface area (Å²) in [7, 11) is 0. The lowest BCUT2D eigenvalue weighted by Crippen LogP contribution is -2.45. The summed E-state index contributed by atoms with van der Waals surface area (Å²) in [6.07, 6.45) is 26.4. The van der Waals surface area contributed by atoms with Crippen molar-refractivity contribution in [3.63, 3.8) is 0 Å². The molecule has 0 amide bonds. The molecule has 0 aromatic heterocycles. The molecule has 0 spiro atoms. The molecule has 0 radical (unpaired) electrons. The summed E-state index contributed by atoms with van der Waals surface area (Å²) in [5.41, 5.74) is 2.43. The highest BCUT2D eigenvalue weighted by atomic mass is 16.6. The van der Waals surface area contributed by atoms with E-state index in [-0.39, 0.29) is 41.0 Å². The largest absolute Gasteiger partial charge is 0.451 e. The van der Waals surface area contributed by atoms with Crippen LogP contribution in [-0.4, -0.2) is 23.1 Å². The normalized spacial score (nSPS) is 31.6. The highest BCUT2D eigenvalue weighted by Gasteiger charge is 2.59. The van der Waals surface area contributed by atoms with Crippen LogP contribution in [0.3, 0.4) is 0 Å². The van der Waals surface area contributed by atoms with E-state index >= 15 is 0 Å². The van der Waals surface area contributed by atoms with E-state index in [1.54, 1.807) is 0 Å². The van der Waals surface area contributed by atoms with Crippen molar-refractivity contribution in [3.05, 3.63) is 58.7 Å². The first-order chi connectivity index (χ1) is 21.6. The standard InChI is InChI=1S/C41H62O4/c1-9-17-29-21-15-27-40(25-13-5,31(29)19-11-3)44-37(42)35-33-23-24-34(39(33,7)8)36(35)38(43)45-41(26-14-6)28-16-22-30(18-10-2)32(41)20-12-4/h15-16,21-22,27-28,31-34H,9-14,17-20,23-26H2,1-8H3. The van der Waals surface area contributed by atoms with Gasteiger partial charge in [0, 0.05) is 11.8 Å². The van der Waals surface area contributed by atoms with Crippen molar-refractivity contribution in [1.29, 1.82) is 0 Å². The van der Waals surface area contributed by atoms with Gasteiger partial charge in [-0.2, -0.15) is 0 Å². The fourth-order valence-corrected chi connectivity index (χ4v) is 9.59. The SMILES string of the molecule is CCCC1=CC=CC(CCC)(OC(=O)C2=C(C(=O)OC3(CCC)C=CC=C(CCC)C3CCC)C3CCC2C3(C)C)C1CCC. The number of esters is 2. The second-order valence-corrected chi connectivity index (χ2v) is 14.9. The number of carbonyl (C=O) groups is 2. The van der Waals surface area contributed by atoms with Crippen molar-refractivity contribution in [2.75, 3.05) is 0 Å². The summed E-state index contributed by atoms with van der Waals surface area (Å²) in [6.45, 7) is 17.7. The predicted molar refractivity (Wildman–Crippen MR) is 186 cm³/mol. The molecular weight excluding hydrogens is 556 g/mol. The number of allylic oxidation sites excluding steroid dienone is 4. The number of carbonyl (C=O) groups excluding carboxylic acids is 2. The maximum Gasteiger partial charge on any atom is 0.335 e. The molecule has 45 heavy (non-hydrogen) atoms. The van der Waals surface area contributed by atoms with Gasteiger partial charge in [0.05, 0.1) is 11.1 Å². The van der Waals surface area contributed by atoms with Crippen molar-refractivity contribution in [3.8, 4) is 0 Å². The molecule has 0 aliphatic heterocycles. The highest BCUT2D eigenvalue weighted by molar-refractivity contribution is 6.03. The van der Waals surface area contributed by atoms with E-state index in [1.807, 2.05) is 0 Å². The van der Waals surface area contributed by atoms with Gasteiger partial charge in [0.1, 0.15) is 11.2 Å². The van der Waals surface area contributed by atoms with Crippen LogP contribution in [0.5, 0.6) is 0 Å². The molecule has 2 bridgehead atoms. The van der Waals surface area contributed by atoms with E-state index in [0.717, 1.165) is 89.9 Å². The van der Waals surface area contributed by atoms with Gasteiger partial charge in [-0.25, -0.2) is 9.59 Å². The first kappa shape index (κ1) is 35.5. The average molecular weight is 619 g/mol. The van der Waals surface area contributed by atoms with E-state index in [9.17, 15) is 9.59 Å². The van der Waals surface area contributed by atoms with Gasteiger partial charge in [-0.05, 0) is 80.8 Å². The minimum absolute atomic E-state index is 0.00471. The van der Waals surface area contributed by atoms with Crippen molar-refractivity contribution < 1.29 is 19.1 Å². The Bertz CT molecular complexity index is 1140. The summed E-state index contributed by atoms with van der Waals surface area (Å²) in [5.74, 6) is -0.246. The Balaban J connectivity index is 1.75.